The van der Waals surface area contributed by atoms with Gasteiger partial charge in [-0.25, -0.2) is 4.79 Å². The highest BCUT2D eigenvalue weighted by Gasteiger charge is 2.40. The van der Waals surface area contributed by atoms with E-state index < -0.39 is 12.1 Å². The number of amides is 1. The first-order valence-electron chi connectivity index (χ1n) is 8.07. The molecule has 0 spiro atoms. The topological polar surface area (TPSA) is 72.6 Å². The quantitative estimate of drug-likeness (QED) is 0.863. The minimum absolute atomic E-state index is 0.170. The molecule has 2 rings (SSSR count). The zero-order valence-electron chi connectivity index (χ0n) is 14.1. The van der Waals surface area contributed by atoms with Gasteiger partial charge in [0.25, 0.3) is 0 Å². The summed E-state index contributed by atoms with van der Waals surface area (Å²) >= 11 is 0. The molecule has 2 N–H and O–H groups in total. The van der Waals surface area contributed by atoms with Crippen molar-refractivity contribution >= 4 is 11.9 Å². The molecular formula is C18H26N2O3. The number of rotatable bonds is 4. The lowest BCUT2D eigenvalue weighted by Gasteiger charge is -2.32. The number of nitrogens with two attached hydrogens (primary N) is 1. The molecule has 0 saturated carbocycles. The molecule has 2 atom stereocenters. The van der Waals surface area contributed by atoms with Crippen molar-refractivity contribution in [2.45, 2.75) is 52.3 Å². The Hall–Kier alpha value is -1.88. The predicted octanol–water partition coefficient (Wildman–Crippen LogP) is 2.09. The summed E-state index contributed by atoms with van der Waals surface area (Å²) in [6.45, 7) is 6.56. The van der Waals surface area contributed by atoms with E-state index in [-0.39, 0.29) is 23.9 Å². The van der Waals surface area contributed by atoms with Gasteiger partial charge in [0, 0.05) is 6.54 Å². The van der Waals surface area contributed by atoms with E-state index in [2.05, 4.69) is 0 Å². The highest BCUT2D eigenvalue weighted by atomic mass is 16.5. The van der Waals surface area contributed by atoms with Crippen LogP contribution in [0, 0.1) is 5.41 Å². The second kappa shape index (κ2) is 7.13. The summed E-state index contributed by atoms with van der Waals surface area (Å²) in [7, 11) is 0. The van der Waals surface area contributed by atoms with Crippen LogP contribution in [0.5, 0.6) is 0 Å². The number of carbonyl (C=O) groups is 2. The van der Waals surface area contributed by atoms with E-state index in [1.54, 1.807) is 4.90 Å². The molecule has 126 valence electrons. The van der Waals surface area contributed by atoms with Crippen molar-refractivity contribution in [2.75, 3.05) is 6.54 Å². The summed E-state index contributed by atoms with van der Waals surface area (Å²) in [4.78, 5) is 26.5. The van der Waals surface area contributed by atoms with E-state index in [1.165, 1.54) is 0 Å². The lowest BCUT2D eigenvalue weighted by atomic mass is 9.86. The van der Waals surface area contributed by atoms with Gasteiger partial charge in [-0.05, 0) is 23.8 Å². The normalized spacial score (nSPS) is 19.5. The van der Waals surface area contributed by atoms with Crippen LogP contribution in [0.15, 0.2) is 30.3 Å². The van der Waals surface area contributed by atoms with Crippen LogP contribution in [-0.2, 0) is 20.9 Å². The number of carbonyl (C=O) groups excluding carboxylic acids is 2. The Labute approximate surface area is 137 Å². The van der Waals surface area contributed by atoms with Gasteiger partial charge in [-0.3, -0.25) is 4.79 Å². The number of hydrogen-bond acceptors (Lipinski definition) is 4. The van der Waals surface area contributed by atoms with Crippen molar-refractivity contribution in [3.63, 3.8) is 0 Å². The molecule has 0 aromatic heterocycles. The summed E-state index contributed by atoms with van der Waals surface area (Å²) in [6.07, 6.45) is 1.43. The second-order valence-corrected chi connectivity index (χ2v) is 7.13. The molecule has 1 aromatic carbocycles. The number of ether oxygens (including phenoxy) is 1. The first-order chi connectivity index (χ1) is 10.8. The van der Waals surface area contributed by atoms with E-state index in [1.807, 2.05) is 51.1 Å². The zero-order valence-corrected chi connectivity index (χ0v) is 14.1. The molecule has 1 aromatic rings. The SMILES string of the molecule is CC(C)(C)[C@H](N)C(=O)N1CCC[C@H]1C(=O)OCc1ccccc1. The van der Waals surface area contributed by atoms with E-state index >= 15 is 0 Å². The molecule has 0 unspecified atom stereocenters. The number of hydrogen-bond donors (Lipinski definition) is 1. The molecule has 0 aliphatic carbocycles. The first kappa shape index (κ1) is 17.5. The van der Waals surface area contributed by atoms with Gasteiger partial charge in [0.15, 0.2) is 0 Å². The van der Waals surface area contributed by atoms with E-state index in [0.29, 0.717) is 13.0 Å². The fourth-order valence-electron chi connectivity index (χ4n) is 2.65. The smallest absolute Gasteiger partial charge is 0.329 e. The fraction of sp³-hybridized carbons (Fsp3) is 0.556. The van der Waals surface area contributed by atoms with Crippen LogP contribution in [0.3, 0.4) is 0 Å². The van der Waals surface area contributed by atoms with Gasteiger partial charge in [0.05, 0.1) is 6.04 Å². The van der Waals surface area contributed by atoms with Gasteiger partial charge in [-0.1, -0.05) is 51.1 Å². The molecule has 1 aliphatic rings. The third-order valence-corrected chi connectivity index (χ3v) is 4.23. The maximum atomic E-state index is 12.6. The van der Waals surface area contributed by atoms with Crippen LogP contribution in [-0.4, -0.2) is 35.4 Å². The Morgan fingerprint density at radius 2 is 1.96 bits per heavy atom. The lowest BCUT2D eigenvalue weighted by Crippen LogP contribution is -2.53. The molecule has 23 heavy (non-hydrogen) atoms. The Morgan fingerprint density at radius 3 is 2.57 bits per heavy atom. The van der Waals surface area contributed by atoms with Crippen LogP contribution >= 0.6 is 0 Å². The van der Waals surface area contributed by atoms with Crippen LogP contribution < -0.4 is 5.73 Å². The van der Waals surface area contributed by atoms with Gasteiger partial charge in [-0.2, -0.15) is 0 Å². The Balaban J connectivity index is 1.98. The summed E-state index contributed by atoms with van der Waals surface area (Å²) in [6, 6.07) is 8.38. The van der Waals surface area contributed by atoms with E-state index in [0.717, 1.165) is 12.0 Å². The summed E-state index contributed by atoms with van der Waals surface area (Å²) < 4.78 is 5.38. The molecule has 5 heteroatoms. The summed E-state index contributed by atoms with van der Waals surface area (Å²) in [5.41, 5.74) is 6.66. The van der Waals surface area contributed by atoms with Crippen molar-refractivity contribution < 1.29 is 14.3 Å². The molecular weight excluding hydrogens is 292 g/mol. The lowest BCUT2D eigenvalue weighted by molar-refractivity contribution is -0.155. The Kier molecular flexibility index (Phi) is 5.42. The molecule has 1 heterocycles. The summed E-state index contributed by atoms with van der Waals surface area (Å²) in [5.74, 6) is -0.516. The highest BCUT2D eigenvalue weighted by Crippen LogP contribution is 2.25. The first-order valence-corrected chi connectivity index (χ1v) is 8.07. The van der Waals surface area contributed by atoms with E-state index in [9.17, 15) is 9.59 Å². The number of benzene rings is 1. The van der Waals surface area contributed by atoms with Gasteiger partial charge >= 0.3 is 5.97 Å². The Morgan fingerprint density at radius 1 is 1.30 bits per heavy atom. The van der Waals surface area contributed by atoms with Crippen LogP contribution in [0.1, 0.15) is 39.2 Å². The van der Waals surface area contributed by atoms with Crippen LogP contribution in [0.2, 0.25) is 0 Å². The number of esters is 1. The van der Waals surface area contributed by atoms with Crippen molar-refractivity contribution in [2.24, 2.45) is 11.1 Å². The van der Waals surface area contributed by atoms with Crippen molar-refractivity contribution in [3.8, 4) is 0 Å². The molecule has 1 amide bonds. The average molecular weight is 318 g/mol. The molecule has 1 aliphatic heterocycles. The van der Waals surface area contributed by atoms with Gasteiger partial charge in [0.1, 0.15) is 12.6 Å². The standard InChI is InChI=1S/C18H26N2O3/c1-18(2,3)15(19)16(21)20-11-7-10-14(20)17(22)23-12-13-8-5-4-6-9-13/h4-6,8-9,14-15H,7,10-12,19H2,1-3H3/t14-,15+/m0/s1. The van der Waals surface area contributed by atoms with Crippen LogP contribution in [0.4, 0.5) is 0 Å². The monoisotopic (exact) mass is 318 g/mol. The minimum atomic E-state index is -0.620. The van der Waals surface area contributed by atoms with Gasteiger partial charge in [0.2, 0.25) is 5.91 Å². The molecule has 1 fully saturated rings. The third kappa shape index (κ3) is 4.32. The number of likely N-dealkylation sites (tertiary alicyclic amines) is 1. The minimum Gasteiger partial charge on any atom is -0.459 e. The molecule has 1 saturated heterocycles. The molecule has 0 bridgehead atoms. The van der Waals surface area contributed by atoms with Crippen molar-refractivity contribution in [1.29, 1.82) is 0 Å². The maximum Gasteiger partial charge on any atom is 0.329 e. The highest BCUT2D eigenvalue weighted by molar-refractivity contribution is 5.88. The largest absolute Gasteiger partial charge is 0.459 e. The van der Waals surface area contributed by atoms with Gasteiger partial charge < -0.3 is 15.4 Å². The van der Waals surface area contributed by atoms with E-state index in [4.69, 9.17) is 10.5 Å². The van der Waals surface area contributed by atoms with Crippen molar-refractivity contribution in [3.05, 3.63) is 35.9 Å². The molecule has 5 nitrogen and oxygen atoms in total. The predicted molar refractivity (Wildman–Crippen MR) is 88.4 cm³/mol. The van der Waals surface area contributed by atoms with Gasteiger partial charge in [-0.15, -0.1) is 0 Å². The molecule has 0 radical (unpaired) electrons. The number of nitrogens with zero attached hydrogens (tertiary/aromatic N) is 1. The maximum absolute atomic E-state index is 12.6. The van der Waals surface area contributed by atoms with Crippen molar-refractivity contribution in [1.82, 2.24) is 4.90 Å². The Bertz CT molecular complexity index is 551. The second-order valence-electron chi connectivity index (χ2n) is 7.13. The third-order valence-electron chi connectivity index (χ3n) is 4.23. The van der Waals surface area contributed by atoms with Crippen LogP contribution in [0.25, 0.3) is 0 Å². The zero-order chi connectivity index (χ0) is 17.0. The fourth-order valence-corrected chi connectivity index (χ4v) is 2.65. The summed E-state index contributed by atoms with van der Waals surface area (Å²) in [5, 5.41) is 0. The average Bonchev–Trinajstić information content (AvgIpc) is 3.01.